The van der Waals surface area contributed by atoms with Gasteiger partial charge in [0.05, 0.1) is 19.1 Å². The van der Waals surface area contributed by atoms with Gasteiger partial charge in [-0.2, -0.15) is 0 Å². The maximum Gasteiger partial charge on any atom is 0.407 e. The van der Waals surface area contributed by atoms with Crippen molar-refractivity contribution in [3.05, 3.63) is 64.9 Å². The first-order chi connectivity index (χ1) is 16.5. The van der Waals surface area contributed by atoms with Crippen LogP contribution in [0.1, 0.15) is 43.6 Å². The Hall–Kier alpha value is -3.20. The molecule has 0 saturated carbocycles. The van der Waals surface area contributed by atoms with E-state index in [4.69, 9.17) is 9.84 Å². The molecule has 9 heteroatoms. The van der Waals surface area contributed by atoms with Crippen LogP contribution in [0.4, 0.5) is 18.0 Å². The number of alkyl halides is 1. The SMILES string of the molecule is C[C@@H]1Cc2c([nH]c3ccccc23)[C@@H](c2c(F)cc(OC3CN(C(=O)O)C3)cc2F)N1CC(C)(C)F. The highest BCUT2D eigenvalue weighted by atomic mass is 19.1. The zero-order chi connectivity index (χ0) is 25.1. The number of fused-ring (bicyclic) bond motifs is 3. The highest BCUT2D eigenvalue weighted by Crippen LogP contribution is 2.43. The van der Waals surface area contributed by atoms with E-state index in [1.54, 1.807) is 0 Å². The van der Waals surface area contributed by atoms with E-state index in [0.717, 1.165) is 33.5 Å². The molecule has 2 N–H and O–H groups in total. The molecule has 3 aromatic rings. The fourth-order valence-electron chi connectivity index (χ4n) is 5.25. The van der Waals surface area contributed by atoms with Gasteiger partial charge in [0.2, 0.25) is 0 Å². The summed E-state index contributed by atoms with van der Waals surface area (Å²) in [4.78, 5) is 17.3. The highest BCUT2D eigenvalue weighted by molar-refractivity contribution is 5.85. The van der Waals surface area contributed by atoms with Gasteiger partial charge in [0.15, 0.2) is 0 Å². The van der Waals surface area contributed by atoms with Gasteiger partial charge in [-0.05, 0) is 38.8 Å². The van der Waals surface area contributed by atoms with Crippen LogP contribution in [0.2, 0.25) is 0 Å². The second-order valence-corrected chi connectivity index (χ2v) is 10.1. The molecular weight excluding hydrogens is 459 g/mol. The summed E-state index contributed by atoms with van der Waals surface area (Å²) in [5.74, 6) is -1.59. The lowest BCUT2D eigenvalue weighted by Crippen LogP contribution is -2.55. The van der Waals surface area contributed by atoms with Gasteiger partial charge in [-0.1, -0.05) is 18.2 Å². The van der Waals surface area contributed by atoms with E-state index in [1.807, 2.05) is 36.1 Å². The topological polar surface area (TPSA) is 68.8 Å². The highest BCUT2D eigenvalue weighted by Gasteiger charge is 2.41. The third-order valence-electron chi connectivity index (χ3n) is 6.82. The Morgan fingerprint density at radius 3 is 2.49 bits per heavy atom. The first kappa shape index (κ1) is 23.5. The molecule has 2 atom stereocenters. The summed E-state index contributed by atoms with van der Waals surface area (Å²) in [6.07, 6.45) is -0.901. The zero-order valence-electron chi connectivity index (χ0n) is 19.8. The van der Waals surface area contributed by atoms with Crippen LogP contribution in [-0.4, -0.2) is 63.4 Å². The third kappa shape index (κ3) is 4.33. The summed E-state index contributed by atoms with van der Waals surface area (Å²) in [7, 11) is 0. The molecule has 6 nitrogen and oxygen atoms in total. The number of amides is 1. The van der Waals surface area contributed by atoms with Crippen LogP contribution in [0.3, 0.4) is 0 Å². The summed E-state index contributed by atoms with van der Waals surface area (Å²) in [5, 5.41) is 9.95. The van der Waals surface area contributed by atoms with Crippen LogP contribution in [0.5, 0.6) is 5.75 Å². The van der Waals surface area contributed by atoms with Crippen molar-refractivity contribution in [1.82, 2.24) is 14.8 Å². The van der Waals surface area contributed by atoms with Gasteiger partial charge in [0, 0.05) is 46.9 Å². The molecule has 2 aliphatic rings. The Labute approximate surface area is 201 Å². The molecule has 186 valence electrons. The van der Waals surface area contributed by atoms with Crippen LogP contribution in [0.15, 0.2) is 36.4 Å². The molecule has 3 heterocycles. The molecule has 2 aliphatic heterocycles. The van der Waals surface area contributed by atoms with Gasteiger partial charge in [0.1, 0.15) is 29.2 Å². The molecule has 2 aromatic carbocycles. The van der Waals surface area contributed by atoms with E-state index in [-0.39, 0.29) is 37.0 Å². The fraction of sp³-hybridized carbons (Fsp3) is 0.423. The van der Waals surface area contributed by atoms with Crippen molar-refractivity contribution in [2.24, 2.45) is 0 Å². The number of hydrogen-bond acceptors (Lipinski definition) is 3. The number of aromatic nitrogens is 1. The van der Waals surface area contributed by atoms with Crippen molar-refractivity contribution in [1.29, 1.82) is 0 Å². The van der Waals surface area contributed by atoms with Gasteiger partial charge in [-0.15, -0.1) is 0 Å². The fourth-order valence-corrected chi connectivity index (χ4v) is 5.25. The second-order valence-electron chi connectivity index (χ2n) is 10.1. The number of ether oxygens (including phenoxy) is 1. The van der Waals surface area contributed by atoms with Gasteiger partial charge < -0.3 is 19.7 Å². The smallest absolute Gasteiger partial charge is 0.407 e. The maximum atomic E-state index is 15.6. The zero-order valence-corrected chi connectivity index (χ0v) is 19.8. The Morgan fingerprint density at radius 1 is 1.20 bits per heavy atom. The van der Waals surface area contributed by atoms with E-state index in [2.05, 4.69) is 4.98 Å². The molecule has 5 rings (SSSR count). The van der Waals surface area contributed by atoms with E-state index in [1.165, 1.54) is 13.8 Å². The van der Waals surface area contributed by atoms with Crippen LogP contribution in [-0.2, 0) is 6.42 Å². The number of carboxylic acid groups (broad SMARTS) is 1. The van der Waals surface area contributed by atoms with Crippen molar-refractivity contribution in [3.8, 4) is 5.75 Å². The molecule has 0 bridgehead atoms. The third-order valence-corrected chi connectivity index (χ3v) is 6.82. The average molecular weight is 488 g/mol. The first-order valence-electron chi connectivity index (χ1n) is 11.7. The average Bonchev–Trinajstić information content (AvgIpc) is 3.09. The van der Waals surface area contributed by atoms with Crippen molar-refractivity contribution < 1.29 is 27.8 Å². The number of carbonyl (C=O) groups is 1. The number of para-hydroxylation sites is 1. The minimum Gasteiger partial charge on any atom is -0.487 e. The molecule has 1 saturated heterocycles. The number of likely N-dealkylation sites (tertiary alicyclic amines) is 1. The largest absolute Gasteiger partial charge is 0.487 e. The van der Waals surface area contributed by atoms with E-state index < -0.39 is 35.5 Å². The minimum absolute atomic E-state index is 0.00212. The lowest BCUT2D eigenvalue weighted by molar-refractivity contribution is 0.0247. The Kier molecular flexibility index (Phi) is 5.70. The summed E-state index contributed by atoms with van der Waals surface area (Å²) >= 11 is 0. The number of nitrogens with zero attached hydrogens (tertiary/aromatic N) is 2. The minimum atomic E-state index is -1.58. The molecule has 0 unspecified atom stereocenters. The van der Waals surface area contributed by atoms with Crippen molar-refractivity contribution in [2.75, 3.05) is 19.6 Å². The monoisotopic (exact) mass is 487 g/mol. The van der Waals surface area contributed by atoms with Gasteiger partial charge >= 0.3 is 6.09 Å². The number of rotatable bonds is 5. The first-order valence-corrected chi connectivity index (χ1v) is 11.7. The standard InChI is InChI=1S/C26H28F3N3O3/c1-14-8-18-17-6-4-5-7-21(17)30-23(18)24(32(14)13-26(2,3)29)22-19(27)9-15(10-20(22)28)35-16-11-31(12-16)25(33)34/h4-7,9-10,14,16,24,30H,8,11-13H2,1-3H3,(H,33,34)/t14-,24-/m1/s1. The lowest BCUT2D eigenvalue weighted by Gasteiger charge is -2.43. The number of hydrogen-bond donors (Lipinski definition) is 2. The quantitative estimate of drug-likeness (QED) is 0.515. The van der Waals surface area contributed by atoms with Crippen LogP contribution >= 0.6 is 0 Å². The van der Waals surface area contributed by atoms with Gasteiger partial charge in [0.25, 0.3) is 0 Å². The number of H-pyrrole nitrogens is 1. The summed E-state index contributed by atoms with van der Waals surface area (Å²) in [5.41, 5.74) is 0.766. The summed E-state index contributed by atoms with van der Waals surface area (Å²) < 4.78 is 51.7. The van der Waals surface area contributed by atoms with E-state index in [0.29, 0.717) is 12.1 Å². The van der Waals surface area contributed by atoms with Crippen LogP contribution in [0.25, 0.3) is 10.9 Å². The summed E-state index contributed by atoms with van der Waals surface area (Å²) in [6.45, 7) is 5.14. The molecule has 0 radical (unpaired) electrons. The number of halogens is 3. The Morgan fingerprint density at radius 2 is 1.86 bits per heavy atom. The van der Waals surface area contributed by atoms with E-state index in [9.17, 15) is 9.18 Å². The predicted molar refractivity (Wildman–Crippen MR) is 126 cm³/mol. The van der Waals surface area contributed by atoms with Gasteiger partial charge in [-0.3, -0.25) is 4.90 Å². The number of benzene rings is 2. The molecule has 1 aromatic heterocycles. The van der Waals surface area contributed by atoms with Crippen LogP contribution in [0, 0.1) is 11.6 Å². The Balaban J connectivity index is 1.55. The molecule has 0 spiro atoms. The Bertz CT molecular complexity index is 1260. The molecule has 1 amide bonds. The maximum absolute atomic E-state index is 15.6. The van der Waals surface area contributed by atoms with Crippen molar-refractivity contribution in [2.45, 2.75) is 51.0 Å². The van der Waals surface area contributed by atoms with E-state index >= 15 is 8.78 Å². The molecular formula is C26H28F3N3O3. The lowest BCUT2D eigenvalue weighted by atomic mass is 9.87. The number of aromatic amines is 1. The second kappa shape index (κ2) is 8.48. The molecule has 1 fully saturated rings. The predicted octanol–water partition coefficient (Wildman–Crippen LogP) is 5.27. The van der Waals surface area contributed by atoms with Crippen molar-refractivity contribution >= 4 is 17.0 Å². The van der Waals surface area contributed by atoms with Crippen molar-refractivity contribution in [3.63, 3.8) is 0 Å². The number of nitrogens with one attached hydrogen (secondary N) is 1. The van der Waals surface area contributed by atoms with Gasteiger partial charge in [-0.25, -0.2) is 18.0 Å². The molecule has 35 heavy (non-hydrogen) atoms. The summed E-state index contributed by atoms with van der Waals surface area (Å²) in [6, 6.07) is 8.96. The normalized spacial score (nSPS) is 21.1. The van der Waals surface area contributed by atoms with Crippen LogP contribution < -0.4 is 4.74 Å². The molecule has 0 aliphatic carbocycles.